The van der Waals surface area contributed by atoms with Crippen molar-refractivity contribution in [2.75, 3.05) is 26.7 Å². The Morgan fingerprint density at radius 1 is 1.33 bits per heavy atom. The molecular weight excluding hydrogens is 288 g/mol. The summed E-state index contributed by atoms with van der Waals surface area (Å²) in [6.07, 6.45) is 1.99. The molecule has 0 radical (unpaired) electrons. The van der Waals surface area contributed by atoms with Crippen molar-refractivity contribution >= 4 is 10.0 Å². The molecule has 0 bridgehead atoms. The van der Waals surface area contributed by atoms with Crippen LogP contribution < -0.4 is 14.8 Å². The fourth-order valence-electron chi connectivity index (χ4n) is 2.52. The molecule has 6 heteroatoms. The summed E-state index contributed by atoms with van der Waals surface area (Å²) in [7, 11) is -1.75. The molecule has 118 valence electrons. The average Bonchev–Trinajstić information content (AvgIpc) is 2.46. The monoisotopic (exact) mass is 312 g/mol. The maximum atomic E-state index is 12.2. The Morgan fingerprint density at radius 3 is 2.71 bits per heavy atom. The molecule has 1 fully saturated rings. The highest BCUT2D eigenvalue weighted by atomic mass is 32.2. The van der Waals surface area contributed by atoms with Gasteiger partial charge in [-0.15, -0.1) is 0 Å². The van der Waals surface area contributed by atoms with Crippen molar-refractivity contribution in [3.05, 3.63) is 29.8 Å². The molecule has 1 aliphatic rings. The summed E-state index contributed by atoms with van der Waals surface area (Å²) in [6, 6.07) is 7.16. The van der Waals surface area contributed by atoms with E-state index in [1.807, 2.05) is 0 Å². The van der Waals surface area contributed by atoms with E-state index in [1.165, 1.54) is 0 Å². The van der Waals surface area contributed by atoms with Crippen molar-refractivity contribution in [1.82, 2.24) is 10.0 Å². The highest BCUT2D eigenvalue weighted by Gasteiger charge is 2.28. The van der Waals surface area contributed by atoms with Gasteiger partial charge < -0.3 is 10.1 Å². The maximum absolute atomic E-state index is 12.2. The second-order valence-corrected chi connectivity index (χ2v) is 7.80. The van der Waals surface area contributed by atoms with Crippen molar-refractivity contribution in [1.29, 1.82) is 0 Å². The predicted molar refractivity (Wildman–Crippen MR) is 83.8 cm³/mol. The number of nitrogens with one attached hydrogen (secondary N) is 2. The molecule has 0 aromatic heterocycles. The summed E-state index contributed by atoms with van der Waals surface area (Å²) in [5, 5.41) is 3.30. The first-order valence-electron chi connectivity index (χ1n) is 7.23. The van der Waals surface area contributed by atoms with Crippen LogP contribution in [0.25, 0.3) is 0 Å². The molecule has 1 aromatic rings. The molecule has 0 saturated carbocycles. The molecule has 2 N–H and O–H groups in total. The standard InChI is InChI=1S/C15H24N2O3S/c1-15(6-8-16-9-7-15)12-17-21(18,19)11-13-4-3-5-14(10-13)20-2/h3-5,10,16-17H,6-9,11-12H2,1-2H3. The minimum atomic E-state index is -3.32. The Kier molecular flexibility index (Phi) is 5.24. The molecular formula is C15H24N2O3S. The maximum Gasteiger partial charge on any atom is 0.215 e. The molecule has 1 saturated heterocycles. The fourth-order valence-corrected chi connectivity index (χ4v) is 3.81. The van der Waals surface area contributed by atoms with E-state index in [9.17, 15) is 8.42 Å². The first-order valence-corrected chi connectivity index (χ1v) is 8.89. The summed E-state index contributed by atoms with van der Waals surface area (Å²) in [5.74, 6) is 0.659. The fraction of sp³-hybridized carbons (Fsp3) is 0.600. The van der Waals surface area contributed by atoms with E-state index >= 15 is 0 Å². The van der Waals surface area contributed by atoms with Gasteiger partial charge in [0.2, 0.25) is 10.0 Å². The third kappa shape index (κ3) is 4.98. The van der Waals surface area contributed by atoms with Crippen molar-refractivity contribution in [3.8, 4) is 5.75 Å². The van der Waals surface area contributed by atoms with Gasteiger partial charge in [0, 0.05) is 6.54 Å². The third-order valence-corrected chi connectivity index (χ3v) is 5.32. The van der Waals surface area contributed by atoms with E-state index in [-0.39, 0.29) is 11.2 Å². The van der Waals surface area contributed by atoms with Crippen LogP contribution in [0, 0.1) is 5.41 Å². The van der Waals surface area contributed by atoms with Crippen molar-refractivity contribution in [3.63, 3.8) is 0 Å². The average molecular weight is 312 g/mol. The van der Waals surface area contributed by atoms with E-state index in [0.29, 0.717) is 12.3 Å². The summed E-state index contributed by atoms with van der Waals surface area (Å²) >= 11 is 0. The third-order valence-electron chi connectivity index (χ3n) is 4.02. The van der Waals surface area contributed by atoms with Gasteiger partial charge in [0.15, 0.2) is 0 Å². The summed E-state index contributed by atoms with van der Waals surface area (Å²) in [5.41, 5.74) is 0.782. The number of piperidine rings is 1. The highest BCUT2D eigenvalue weighted by molar-refractivity contribution is 7.88. The minimum Gasteiger partial charge on any atom is -0.497 e. The van der Waals surface area contributed by atoms with E-state index in [0.717, 1.165) is 31.5 Å². The number of rotatable bonds is 6. The van der Waals surface area contributed by atoms with Gasteiger partial charge in [-0.05, 0) is 49.0 Å². The van der Waals surface area contributed by atoms with Gasteiger partial charge in [0.1, 0.15) is 5.75 Å². The van der Waals surface area contributed by atoms with Gasteiger partial charge in [-0.3, -0.25) is 0 Å². The van der Waals surface area contributed by atoms with Crippen molar-refractivity contribution in [2.24, 2.45) is 5.41 Å². The molecule has 0 aliphatic carbocycles. The Balaban J connectivity index is 1.95. The van der Waals surface area contributed by atoms with Crippen LogP contribution in [-0.4, -0.2) is 35.2 Å². The topological polar surface area (TPSA) is 67.4 Å². The van der Waals surface area contributed by atoms with E-state index < -0.39 is 10.0 Å². The molecule has 0 amide bonds. The van der Waals surface area contributed by atoms with Crippen molar-refractivity contribution in [2.45, 2.75) is 25.5 Å². The molecule has 0 atom stereocenters. The Bertz CT molecular complexity index is 566. The van der Waals surface area contributed by atoms with Gasteiger partial charge in [-0.1, -0.05) is 19.1 Å². The molecule has 0 spiro atoms. The largest absolute Gasteiger partial charge is 0.497 e. The van der Waals surface area contributed by atoms with Crippen molar-refractivity contribution < 1.29 is 13.2 Å². The van der Waals surface area contributed by atoms with E-state index in [2.05, 4.69) is 17.0 Å². The van der Waals surface area contributed by atoms with Crippen LogP contribution in [0.1, 0.15) is 25.3 Å². The van der Waals surface area contributed by atoms with E-state index in [4.69, 9.17) is 4.74 Å². The lowest BCUT2D eigenvalue weighted by Gasteiger charge is -2.34. The molecule has 1 aromatic carbocycles. The SMILES string of the molecule is COc1cccc(CS(=O)(=O)NCC2(C)CCNCC2)c1. The number of ether oxygens (including phenoxy) is 1. The van der Waals surface area contributed by atoms with Crippen LogP contribution in [0.4, 0.5) is 0 Å². The quantitative estimate of drug-likeness (QED) is 0.835. The smallest absolute Gasteiger partial charge is 0.215 e. The first-order chi connectivity index (χ1) is 9.92. The number of methoxy groups -OCH3 is 1. The van der Waals surface area contributed by atoms with E-state index in [1.54, 1.807) is 31.4 Å². The van der Waals surface area contributed by atoms with Crippen LogP contribution >= 0.6 is 0 Å². The zero-order valence-corrected chi connectivity index (χ0v) is 13.5. The summed E-state index contributed by atoms with van der Waals surface area (Å²) in [6.45, 7) is 4.55. The zero-order chi connectivity index (χ0) is 15.3. The predicted octanol–water partition coefficient (Wildman–Crippen LogP) is 1.50. The zero-order valence-electron chi connectivity index (χ0n) is 12.7. The number of hydrogen-bond acceptors (Lipinski definition) is 4. The minimum absolute atomic E-state index is 0.0153. The molecule has 1 heterocycles. The molecule has 2 rings (SSSR count). The number of hydrogen-bond donors (Lipinski definition) is 2. The van der Waals surface area contributed by atoms with Gasteiger partial charge >= 0.3 is 0 Å². The van der Waals surface area contributed by atoms with Gasteiger partial charge in [0.25, 0.3) is 0 Å². The van der Waals surface area contributed by atoms with Gasteiger partial charge in [-0.25, -0.2) is 13.1 Å². The molecule has 5 nitrogen and oxygen atoms in total. The second-order valence-electron chi connectivity index (χ2n) is 5.99. The number of benzene rings is 1. The summed E-state index contributed by atoms with van der Waals surface area (Å²) < 4.78 is 32.3. The van der Waals surface area contributed by atoms with Gasteiger partial charge in [-0.2, -0.15) is 0 Å². The first kappa shape index (κ1) is 16.3. The molecule has 0 unspecified atom stereocenters. The van der Waals surface area contributed by atoms with Gasteiger partial charge in [0.05, 0.1) is 12.9 Å². The second kappa shape index (κ2) is 6.77. The normalized spacial score (nSPS) is 18.4. The Hall–Kier alpha value is -1.11. The van der Waals surface area contributed by atoms with Crippen LogP contribution in [0.15, 0.2) is 24.3 Å². The Morgan fingerprint density at radius 2 is 2.05 bits per heavy atom. The lowest BCUT2D eigenvalue weighted by atomic mass is 9.81. The molecule has 21 heavy (non-hydrogen) atoms. The highest BCUT2D eigenvalue weighted by Crippen LogP contribution is 2.27. The lowest BCUT2D eigenvalue weighted by molar-refractivity contribution is 0.232. The van der Waals surface area contributed by atoms with Crippen LogP contribution in [0.5, 0.6) is 5.75 Å². The van der Waals surface area contributed by atoms with Crippen LogP contribution in [0.3, 0.4) is 0 Å². The summed E-state index contributed by atoms with van der Waals surface area (Å²) in [4.78, 5) is 0. The van der Waals surface area contributed by atoms with Crippen LogP contribution in [0.2, 0.25) is 0 Å². The Labute approximate surface area is 127 Å². The number of sulfonamides is 1. The lowest BCUT2D eigenvalue weighted by Crippen LogP contribution is -2.43. The molecule has 1 aliphatic heterocycles. The van der Waals surface area contributed by atoms with Crippen LogP contribution in [-0.2, 0) is 15.8 Å².